The number of carbonyl (C=O) groups is 2. The van der Waals surface area contributed by atoms with Crippen LogP contribution in [0.3, 0.4) is 0 Å². The summed E-state index contributed by atoms with van der Waals surface area (Å²) in [6.45, 7) is 1.17. The van der Waals surface area contributed by atoms with Gasteiger partial charge in [0.25, 0.3) is 5.91 Å². The molecule has 1 fully saturated rings. The van der Waals surface area contributed by atoms with Gasteiger partial charge in [0, 0.05) is 32.4 Å². The first-order chi connectivity index (χ1) is 17.8. The summed E-state index contributed by atoms with van der Waals surface area (Å²) in [6, 6.07) is 15.8. The van der Waals surface area contributed by atoms with Gasteiger partial charge in [-0.05, 0) is 42.5 Å². The summed E-state index contributed by atoms with van der Waals surface area (Å²) >= 11 is 0. The number of hydrogen-bond acceptors (Lipinski definition) is 4. The molecule has 1 aromatic heterocycles. The predicted molar refractivity (Wildman–Crippen MR) is 131 cm³/mol. The van der Waals surface area contributed by atoms with Crippen LogP contribution < -0.4 is 15.4 Å². The molecule has 1 aliphatic heterocycles. The first-order valence-electron chi connectivity index (χ1n) is 11.9. The Labute approximate surface area is 212 Å². The lowest BCUT2D eigenvalue weighted by Gasteiger charge is -2.32. The van der Waals surface area contributed by atoms with Crippen molar-refractivity contribution < 1.29 is 27.5 Å². The van der Waals surface area contributed by atoms with Crippen LogP contribution in [0.4, 0.5) is 18.0 Å². The number of amides is 3. The molecule has 0 bridgehead atoms. The maximum atomic E-state index is 13.5. The standard InChI is InChI=1S/C26H28F3N5O3/c1-37-22-10-6-5-9-20(22)18-11-15-33(16-12-18)25(36)31-14-13-30-24(35)21-17-34(19-7-3-2-4-8-19)32-23(21)26(27,28)29/h2-10,17-18H,11-16H2,1H3,(H,30,35)(H,31,36). The normalized spacial score (nSPS) is 14.3. The summed E-state index contributed by atoms with van der Waals surface area (Å²) in [6.07, 6.45) is -2.17. The second-order valence-electron chi connectivity index (χ2n) is 8.66. The van der Waals surface area contributed by atoms with Gasteiger partial charge in [-0.25, -0.2) is 9.48 Å². The molecule has 8 nitrogen and oxygen atoms in total. The number of likely N-dealkylation sites (tertiary alicyclic amines) is 1. The Hall–Kier alpha value is -4.02. The van der Waals surface area contributed by atoms with Crippen LogP contribution in [0.5, 0.6) is 5.75 Å². The highest BCUT2D eigenvalue weighted by Gasteiger charge is 2.39. The number of hydrogen-bond donors (Lipinski definition) is 2. The van der Waals surface area contributed by atoms with Crippen LogP contribution in [-0.2, 0) is 6.18 Å². The average molecular weight is 516 g/mol. The molecule has 37 heavy (non-hydrogen) atoms. The van der Waals surface area contributed by atoms with E-state index in [1.807, 2.05) is 24.3 Å². The van der Waals surface area contributed by atoms with Crippen LogP contribution >= 0.6 is 0 Å². The Balaban J connectivity index is 1.27. The first kappa shape index (κ1) is 26.1. The summed E-state index contributed by atoms with van der Waals surface area (Å²) in [7, 11) is 1.64. The zero-order valence-electron chi connectivity index (χ0n) is 20.3. The van der Waals surface area contributed by atoms with Crippen molar-refractivity contribution in [3.63, 3.8) is 0 Å². The molecule has 0 unspecified atom stereocenters. The summed E-state index contributed by atoms with van der Waals surface area (Å²) in [5.74, 6) is 0.213. The minimum atomic E-state index is -4.79. The number of ether oxygens (including phenoxy) is 1. The molecule has 3 amide bonds. The van der Waals surface area contributed by atoms with E-state index in [9.17, 15) is 22.8 Å². The lowest BCUT2D eigenvalue weighted by atomic mass is 9.89. The van der Waals surface area contributed by atoms with Gasteiger partial charge < -0.3 is 20.3 Å². The third-order valence-electron chi connectivity index (χ3n) is 6.30. The number of halogens is 3. The molecular weight excluding hydrogens is 487 g/mol. The van der Waals surface area contributed by atoms with Gasteiger partial charge in [0.05, 0.1) is 18.4 Å². The number of benzene rings is 2. The number of carbonyl (C=O) groups excluding carboxylic acids is 2. The number of piperidine rings is 1. The highest BCUT2D eigenvalue weighted by atomic mass is 19.4. The van der Waals surface area contributed by atoms with Gasteiger partial charge in [0.15, 0.2) is 5.69 Å². The van der Waals surface area contributed by atoms with Gasteiger partial charge in [0.1, 0.15) is 5.75 Å². The first-order valence-corrected chi connectivity index (χ1v) is 11.9. The summed E-state index contributed by atoms with van der Waals surface area (Å²) in [4.78, 5) is 26.8. The molecule has 2 N–H and O–H groups in total. The topological polar surface area (TPSA) is 88.5 Å². The maximum absolute atomic E-state index is 13.5. The van der Waals surface area contributed by atoms with Crippen molar-refractivity contribution in [2.75, 3.05) is 33.3 Å². The molecule has 0 spiro atoms. The van der Waals surface area contributed by atoms with Crippen LogP contribution in [0.15, 0.2) is 60.8 Å². The SMILES string of the molecule is COc1ccccc1C1CCN(C(=O)NCCNC(=O)c2cn(-c3ccccc3)nc2C(F)(F)F)CC1. The van der Waals surface area contributed by atoms with Crippen molar-refractivity contribution in [3.05, 3.63) is 77.6 Å². The van der Waals surface area contributed by atoms with Crippen LogP contribution in [0, 0.1) is 0 Å². The highest BCUT2D eigenvalue weighted by molar-refractivity contribution is 5.95. The molecule has 0 atom stereocenters. The maximum Gasteiger partial charge on any atom is 0.435 e. The van der Waals surface area contributed by atoms with E-state index >= 15 is 0 Å². The molecule has 3 aromatic rings. The second kappa shape index (κ2) is 11.4. The Morgan fingerprint density at radius 3 is 2.32 bits per heavy atom. The Bertz CT molecular complexity index is 1220. The zero-order valence-corrected chi connectivity index (χ0v) is 20.3. The predicted octanol–water partition coefficient (Wildman–Crippen LogP) is 4.22. The Kier molecular flexibility index (Phi) is 8.00. The fourth-order valence-corrected chi connectivity index (χ4v) is 4.41. The largest absolute Gasteiger partial charge is 0.496 e. The van der Waals surface area contributed by atoms with Crippen molar-refractivity contribution in [3.8, 4) is 11.4 Å². The van der Waals surface area contributed by atoms with Crippen molar-refractivity contribution in [2.24, 2.45) is 0 Å². The number of methoxy groups -OCH3 is 1. The van der Waals surface area contributed by atoms with E-state index in [1.54, 1.807) is 42.3 Å². The van der Waals surface area contributed by atoms with Crippen LogP contribution in [0.1, 0.15) is 40.4 Å². The van der Waals surface area contributed by atoms with E-state index < -0.39 is 23.3 Å². The van der Waals surface area contributed by atoms with Crippen molar-refractivity contribution in [1.82, 2.24) is 25.3 Å². The van der Waals surface area contributed by atoms with Crippen molar-refractivity contribution >= 4 is 11.9 Å². The van der Waals surface area contributed by atoms with Gasteiger partial charge in [-0.1, -0.05) is 36.4 Å². The molecule has 4 rings (SSSR count). The van der Waals surface area contributed by atoms with Gasteiger partial charge in [-0.3, -0.25) is 4.79 Å². The van der Waals surface area contributed by atoms with E-state index in [0.717, 1.165) is 35.0 Å². The second-order valence-corrected chi connectivity index (χ2v) is 8.66. The molecule has 11 heteroatoms. The third-order valence-corrected chi connectivity index (χ3v) is 6.30. The Morgan fingerprint density at radius 2 is 1.65 bits per heavy atom. The molecule has 1 aliphatic rings. The Morgan fingerprint density at radius 1 is 1.00 bits per heavy atom. The lowest BCUT2D eigenvalue weighted by molar-refractivity contribution is -0.141. The summed E-state index contributed by atoms with van der Waals surface area (Å²) in [5, 5.41) is 8.73. The van der Waals surface area contributed by atoms with Crippen LogP contribution in [-0.4, -0.2) is 59.9 Å². The number of para-hydroxylation sites is 2. The van der Waals surface area contributed by atoms with Crippen molar-refractivity contribution in [2.45, 2.75) is 24.9 Å². The lowest BCUT2D eigenvalue weighted by Crippen LogP contribution is -2.46. The van der Waals surface area contributed by atoms with Crippen LogP contribution in [0.25, 0.3) is 5.69 Å². The molecule has 1 saturated heterocycles. The molecule has 2 heterocycles. The van der Waals surface area contributed by atoms with E-state index in [2.05, 4.69) is 15.7 Å². The quantitative estimate of drug-likeness (QED) is 0.462. The monoisotopic (exact) mass is 515 g/mol. The number of nitrogens with zero attached hydrogens (tertiary/aromatic N) is 3. The number of alkyl halides is 3. The smallest absolute Gasteiger partial charge is 0.435 e. The molecule has 0 radical (unpaired) electrons. The number of aromatic nitrogens is 2. The average Bonchev–Trinajstić information content (AvgIpc) is 3.38. The van der Waals surface area contributed by atoms with Gasteiger partial charge in [-0.2, -0.15) is 18.3 Å². The fraction of sp³-hybridized carbons (Fsp3) is 0.346. The number of urea groups is 1. The zero-order chi connectivity index (χ0) is 26.4. The van der Waals surface area contributed by atoms with Crippen molar-refractivity contribution in [1.29, 1.82) is 0 Å². The van der Waals surface area contributed by atoms with E-state index in [4.69, 9.17) is 4.74 Å². The minimum Gasteiger partial charge on any atom is -0.496 e. The number of rotatable bonds is 7. The minimum absolute atomic E-state index is 0.0317. The van der Waals surface area contributed by atoms with Crippen LogP contribution in [0.2, 0.25) is 0 Å². The van der Waals surface area contributed by atoms with E-state index in [-0.39, 0.29) is 19.1 Å². The fourth-order valence-electron chi connectivity index (χ4n) is 4.41. The summed E-state index contributed by atoms with van der Waals surface area (Å²) in [5.41, 5.74) is -0.327. The number of nitrogens with one attached hydrogen (secondary N) is 2. The molecular formula is C26H28F3N5O3. The molecule has 0 saturated carbocycles. The highest BCUT2D eigenvalue weighted by Crippen LogP contribution is 2.34. The molecule has 0 aliphatic carbocycles. The van der Waals surface area contributed by atoms with Gasteiger partial charge >= 0.3 is 12.2 Å². The molecule has 196 valence electrons. The van der Waals surface area contributed by atoms with Gasteiger partial charge in [-0.15, -0.1) is 0 Å². The molecule has 2 aromatic carbocycles. The summed E-state index contributed by atoms with van der Waals surface area (Å²) < 4.78 is 46.9. The van der Waals surface area contributed by atoms with E-state index in [0.29, 0.717) is 24.7 Å². The third kappa shape index (κ3) is 6.22. The van der Waals surface area contributed by atoms with Gasteiger partial charge in [0.2, 0.25) is 0 Å². The van der Waals surface area contributed by atoms with E-state index in [1.165, 1.54) is 0 Å².